The summed E-state index contributed by atoms with van der Waals surface area (Å²) in [6, 6.07) is 2.97. The molecule has 0 saturated carbocycles. The fourth-order valence-electron chi connectivity index (χ4n) is 0.929. The second-order valence-corrected chi connectivity index (χ2v) is 2.61. The molecule has 0 aliphatic rings. The van der Waals surface area contributed by atoms with Gasteiger partial charge in [-0.2, -0.15) is 0 Å². The molecule has 0 aliphatic carbocycles. The van der Waals surface area contributed by atoms with Crippen LogP contribution < -0.4 is 0 Å². The van der Waals surface area contributed by atoms with E-state index in [4.69, 9.17) is 5.11 Å². The SMILES string of the molecule is COC(=O)c1ccc(CC(=O)O)cn1. The van der Waals surface area contributed by atoms with Gasteiger partial charge in [0.1, 0.15) is 5.69 Å². The molecule has 0 aromatic carbocycles. The number of hydrogen-bond acceptors (Lipinski definition) is 4. The Labute approximate surface area is 80.3 Å². The fraction of sp³-hybridized carbons (Fsp3) is 0.222. The van der Waals surface area contributed by atoms with Crippen molar-refractivity contribution in [1.82, 2.24) is 4.98 Å². The van der Waals surface area contributed by atoms with Gasteiger partial charge in [0.15, 0.2) is 0 Å². The highest BCUT2D eigenvalue weighted by Crippen LogP contribution is 2.02. The molecule has 0 atom stereocenters. The standard InChI is InChI=1S/C9H9NO4/c1-14-9(13)7-3-2-6(5-10-7)4-8(11)12/h2-3,5H,4H2,1H3,(H,11,12). The highest BCUT2D eigenvalue weighted by molar-refractivity contribution is 5.87. The second kappa shape index (κ2) is 4.36. The molecule has 0 fully saturated rings. The molecule has 14 heavy (non-hydrogen) atoms. The van der Waals surface area contributed by atoms with Crippen LogP contribution in [0.3, 0.4) is 0 Å². The van der Waals surface area contributed by atoms with Crippen molar-refractivity contribution in [3.63, 3.8) is 0 Å². The highest BCUT2D eigenvalue weighted by Gasteiger charge is 2.07. The van der Waals surface area contributed by atoms with Gasteiger partial charge in [-0.25, -0.2) is 9.78 Å². The molecule has 5 nitrogen and oxygen atoms in total. The van der Waals surface area contributed by atoms with Crippen LogP contribution in [0.15, 0.2) is 18.3 Å². The first kappa shape index (κ1) is 10.2. The van der Waals surface area contributed by atoms with Crippen LogP contribution in [-0.2, 0) is 16.0 Å². The Kier molecular flexibility index (Phi) is 3.17. The van der Waals surface area contributed by atoms with E-state index in [2.05, 4.69) is 9.72 Å². The number of rotatable bonds is 3. The number of esters is 1. The predicted octanol–water partition coefficient (Wildman–Crippen LogP) is 0.495. The van der Waals surface area contributed by atoms with E-state index < -0.39 is 11.9 Å². The van der Waals surface area contributed by atoms with Gasteiger partial charge in [0, 0.05) is 6.20 Å². The zero-order chi connectivity index (χ0) is 10.6. The highest BCUT2D eigenvalue weighted by atomic mass is 16.5. The first-order chi connectivity index (χ1) is 6.63. The fourth-order valence-corrected chi connectivity index (χ4v) is 0.929. The second-order valence-electron chi connectivity index (χ2n) is 2.61. The van der Waals surface area contributed by atoms with Crippen molar-refractivity contribution in [3.05, 3.63) is 29.6 Å². The third-order valence-corrected chi connectivity index (χ3v) is 1.57. The van der Waals surface area contributed by atoms with Gasteiger partial charge < -0.3 is 9.84 Å². The molecule has 1 aromatic heterocycles. The molecule has 1 N–H and O–H groups in total. The van der Waals surface area contributed by atoms with E-state index in [9.17, 15) is 9.59 Å². The Morgan fingerprint density at radius 2 is 2.21 bits per heavy atom. The lowest BCUT2D eigenvalue weighted by atomic mass is 10.2. The minimum Gasteiger partial charge on any atom is -0.481 e. The van der Waals surface area contributed by atoms with Gasteiger partial charge in [-0.05, 0) is 11.6 Å². The number of carbonyl (C=O) groups is 2. The Bertz CT molecular complexity index is 344. The molecule has 74 valence electrons. The number of carboxylic acid groups (broad SMARTS) is 1. The van der Waals surface area contributed by atoms with Crippen molar-refractivity contribution < 1.29 is 19.4 Å². The molecule has 0 aliphatic heterocycles. The molecule has 1 heterocycles. The van der Waals surface area contributed by atoms with Gasteiger partial charge in [-0.15, -0.1) is 0 Å². The molecule has 0 bridgehead atoms. The van der Waals surface area contributed by atoms with Gasteiger partial charge >= 0.3 is 11.9 Å². The number of carboxylic acids is 1. The summed E-state index contributed by atoms with van der Waals surface area (Å²) in [5, 5.41) is 8.47. The Morgan fingerprint density at radius 1 is 1.50 bits per heavy atom. The normalized spacial score (nSPS) is 9.50. The van der Waals surface area contributed by atoms with Gasteiger partial charge in [0.05, 0.1) is 13.5 Å². The minimum absolute atomic E-state index is 0.103. The first-order valence-corrected chi connectivity index (χ1v) is 3.88. The minimum atomic E-state index is -0.933. The lowest BCUT2D eigenvalue weighted by Gasteiger charge is -1.99. The third kappa shape index (κ3) is 2.55. The molecule has 0 amide bonds. The summed E-state index contributed by atoms with van der Waals surface area (Å²) in [5.41, 5.74) is 0.715. The summed E-state index contributed by atoms with van der Waals surface area (Å²) in [6.45, 7) is 0. The number of aromatic nitrogens is 1. The average Bonchev–Trinajstić information content (AvgIpc) is 2.17. The van der Waals surface area contributed by atoms with Crippen molar-refractivity contribution in [2.45, 2.75) is 6.42 Å². The van der Waals surface area contributed by atoms with Crippen molar-refractivity contribution in [2.24, 2.45) is 0 Å². The summed E-state index contributed by atoms with van der Waals surface area (Å²) in [4.78, 5) is 25.0. The smallest absolute Gasteiger partial charge is 0.356 e. The van der Waals surface area contributed by atoms with Crippen LogP contribution in [0.5, 0.6) is 0 Å². The van der Waals surface area contributed by atoms with Crippen LogP contribution in [0.25, 0.3) is 0 Å². The van der Waals surface area contributed by atoms with E-state index in [1.54, 1.807) is 0 Å². The number of methoxy groups -OCH3 is 1. The molecular weight excluding hydrogens is 186 g/mol. The number of nitrogens with zero attached hydrogens (tertiary/aromatic N) is 1. The van der Waals surface area contributed by atoms with Crippen LogP contribution in [0.1, 0.15) is 16.1 Å². The number of pyridine rings is 1. The summed E-state index contributed by atoms with van der Waals surface area (Å²) in [6.07, 6.45) is 1.24. The van der Waals surface area contributed by atoms with Crippen LogP contribution >= 0.6 is 0 Å². The van der Waals surface area contributed by atoms with Gasteiger partial charge in [-0.3, -0.25) is 4.79 Å². The van der Waals surface area contributed by atoms with E-state index in [0.29, 0.717) is 5.56 Å². The molecule has 0 radical (unpaired) electrons. The van der Waals surface area contributed by atoms with Crippen molar-refractivity contribution in [1.29, 1.82) is 0 Å². The summed E-state index contributed by atoms with van der Waals surface area (Å²) in [7, 11) is 1.26. The zero-order valence-electron chi connectivity index (χ0n) is 7.56. The molecular formula is C9H9NO4. The van der Waals surface area contributed by atoms with E-state index in [-0.39, 0.29) is 12.1 Å². The molecule has 0 unspecified atom stereocenters. The average molecular weight is 195 g/mol. The lowest BCUT2D eigenvalue weighted by molar-refractivity contribution is -0.136. The molecule has 1 rings (SSSR count). The molecule has 1 aromatic rings. The number of carbonyl (C=O) groups excluding carboxylic acids is 1. The largest absolute Gasteiger partial charge is 0.481 e. The van der Waals surface area contributed by atoms with Crippen LogP contribution in [0.2, 0.25) is 0 Å². The summed E-state index contributed by atoms with van der Waals surface area (Å²) < 4.78 is 4.44. The molecule has 0 saturated heterocycles. The van der Waals surface area contributed by atoms with Gasteiger partial charge in [0.25, 0.3) is 0 Å². The number of aliphatic carboxylic acids is 1. The van der Waals surface area contributed by atoms with Gasteiger partial charge in [0.2, 0.25) is 0 Å². The maximum absolute atomic E-state index is 10.9. The Hall–Kier alpha value is -1.91. The van der Waals surface area contributed by atoms with Crippen LogP contribution in [0, 0.1) is 0 Å². The quantitative estimate of drug-likeness (QED) is 0.710. The van der Waals surface area contributed by atoms with Gasteiger partial charge in [-0.1, -0.05) is 6.07 Å². The predicted molar refractivity (Wildman–Crippen MR) is 46.9 cm³/mol. The summed E-state index contributed by atoms with van der Waals surface area (Å²) >= 11 is 0. The van der Waals surface area contributed by atoms with Crippen LogP contribution in [-0.4, -0.2) is 29.1 Å². The summed E-state index contributed by atoms with van der Waals surface area (Å²) in [5.74, 6) is -1.47. The molecule has 5 heteroatoms. The zero-order valence-corrected chi connectivity index (χ0v) is 7.56. The maximum atomic E-state index is 10.9. The van der Waals surface area contributed by atoms with Crippen molar-refractivity contribution in [3.8, 4) is 0 Å². The van der Waals surface area contributed by atoms with Crippen molar-refractivity contribution >= 4 is 11.9 Å². The third-order valence-electron chi connectivity index (χ3n) is 1.57. The topological polar surface area (TPSA) is 76.5 Å². The van der Waals surface area contributed by atoms with Crippen LogP contribution in [0.4, 0.5) is 0 Å². The molecule has 0 spiro atoms. The van der Waals surface area contributed by atoms with E-state index in [1.807, 2.05) is 0 Å². The Morgan fingerprint density at radius 3 is 2.64 bits per heavy atom. The first-order valence-electron chi connectivity index (χ1n) is 3.88. The maximum Gasteiger partial charge on any atom is 0.356 e. The lowest BCUT2D eigenvalue weighted by Crippen LogP contribution is -2.05. The van der Waals surface area contributed by atoms with E-state index in [0.717, 1.165) is 0 Å². The van der Waals surface area contributed by atoms with Crippen molar-refractivity contribution in [2.75, 3.05) is 7.11 Å². The van der Waals surface area contributed by atoms with E-state index in [1.165, 1.54) is 25.4 Å². The Balaban J connectivity index is 2.78. The van der Waals surface area contributed by atoms with E-state index >= 15 is 0 Å². The number of ether oxygens (including phenoxy) is 1. The monoisotopic (exact) mass is 195 g/mol. The number of hydrogen-bond donors (Lipinski definition) is 1.